The molecule has 0 aromatic heterocycles. The molecule has 8 heteroatoms. The van der Waals surface area contributed by atoms with E-state index in [4.69, 9.17) is 9.84 Å². The molecule has 1 atom stereocenters. The minimum atomic E-state index is -0.934. The van der Waals surface area contributed by atoms with Gasteiger partial charge in [-0.1, -0.05) is 0 Å². The van der Waals surface area contributed by atoms with Gasteiger partial charge in [-0.05, 0) is 20.8 Å². The summed E-state index contributed by atoms with van der Waals surface area (Å²) in [4.78, 5) is 26.4. The highest BCUT2D eigenvalue weighted by Gasteiger charge is 2.18. The van der Waals surface area contributed by atoms with E-state index >= 15 is 0 Å². The lowest BCUT2D eigenvalue weighted by molar-refractivity contribution is -0.130. The van der Waals surface area contributed by atoms with Crippen molar-refractivity contribution in [1.29, 1.82) is 0 Å². The zero-order chi connectivity index (χ0) is 17.3. The maximum absolute atomic E-state index is 11.7. The van der Waals surface area contributed by atoms with Crippen molar-refractivity contribution in [2.45, 2.75) is 32.5 Å². The number of aliphatic hydroxyl groups excluding tert-OH is 2. The predicted octanol–water partition coefficient (Wildman–Crippen LogP) is -0.745. The molecule has 0 spiro atoms. The standard InChI is InChI=1S/C14H29N3O5/c1-14(2,3)22-13(21)15-6-7-17(8-11(19)10-18)9-12(20)16(4)5/h11,18-19H,6-10H2,1-5H3,(H,15,21)/t11-/m1/s1. The van der Waals surface area contributed by atoms with Gasteiger partial charge in [-0.3, -0.25) is 9.69 Å². The fourth-order valence-electron chi connectivity index (χ4n) is 1.55. The van der Waals surface area contributed by atoms with E-state index in [1.165, 1.54) is 4.90 Å². The minimum absolute atomic E-state index is 0.0973. The van der Waals surface area contributed by atoms with Crippen LogP contribution in [0.3, 0.4) is 0 Å². The van der Waals surface area contributed by atoms with Crippen LogP contribution in [0.15, 0.2) is 0 Å². The van der Waals surface area contributed by atoms with Crippen molar-refractivity contribution in [3.8, 4) is 0 Å². The molecular weight excluding hydrogens is 290 g/mol. The fraction of sp³-hybridized carbons (Fsp3) is 0.857. The van der Waals surface area contributed by atoms with E-state index in [1.807, 2.05) is 0 Å². The molecule has 0 radical (unpaired) electrons. The molecule has 2 amide bonds. The van der Waals surface area contributed by atoms with E-state index < -0.39 is 17.8 Å². The molecule has 0 heterocycles. The number of nitrogens with zero attached hydrogens (tertiary/aromatic N) is 2. The molecule has 0 aromatic rings. The molecule has 3 N–H and O–H groups in total. The van der Waals surface area contributed by atoms with E-state index in [0.29, 0.717) is 6.54 Å². The Hall–Kier alpha value is -1.38. The van der Waals surface area contributed by atoms with Crippen molar-refractivity contribution >= 4 is 12.0 Å². The van der Waals surface area contributed by atoms with Crippen molar-refractivity contribution in [3.63, 3.8) is 0 Å². The van der Waals surface area contributed by atoms with Crippen LogP contribution in [0.2, 0.25) is 0 Å². The third-order valence-electron chi connectivity index (χ3n) is 2.63. The number of amides is 2. The Balaban J connectivity index is 4.34. The average molecular weight is 319 g/mol. The summed E-state index contributed by atoms with van der Waals surface area (Å²) in [6.45, 7) is 5.80. The van der Waals surface area contributed by atoms with Crippen LogP contribution < -0.4 is 5.32 Å². The van der Waals surface area contributed by atoms with Crippen LogP contribution in [0.4, 0.5) is 4.79 Å². The Labute approximate surface area is 132 Å². The van der Waals surface area contributed by atoms with Crippen molar-refractivity contribution in [2.75, 3.05) is 46.9 Å². The normalized spacial score (nSPS) is 12.9. The third-order valence-corrected chi connectivity index (χ3v) is 2.63. The minimum Gasteiger partial charge on any atom is -0.444 e. The smallest absolute Gasteiger partial charge is 0.407 e. The molecule has 0 unspecified atom stereocenters. The monoisotopic (exact) mass is 319 g/mol. The van der Waals surface area contributed by atoms with Crippen molar-refractivity contribution in [1.82, 2.24) is 15.1 Å². The molecule has 0 fully saturated rings. The predicted molar refractivity (Wildman–Crippen MR) is 82.5 cm³/mol. The van der Waals surface area contributed by atoms with Crippen molar-refractivity contribution in [3.05, 3.63) is 0 Å². The summed E-state index contributed by atoms with van der Waals surface area (Å²) in [6, 6.07) is 0. The molecule has 0 aliphatic heterocycles. The van der Waals surface area contributed by atoms with E-state index in [0.717, 1.165) is 0 Å². The molecule has 0 bridgehead atoms. The number of ether oxygens (including phenoxy) is 1. The number of carbonyl (C=O) groups is 2. The Morgan fingerprint density at radius 2 is 1.86 bits per heavy atom. The lowest BCUT2D eigenvalue weighted by Gasteiger charge is -2.25. The second kappa shape index (κ2) is 9.60. The van der Waals surface area contributed by atoms with E-state index in [9.17, 15) is 14.7 Å². The van der Waals surface area contributed by atoms with Crippen molar-refractivity contribution in [2.24, 2.45) is 0 Å². The third kappa shape index (κ3) is 10.4. The molecule has 0 aromatic carbocycles. The molecule has 130 valence electrons. The Morgan fingerprint density at radius 1 is 1.27 bits per heavy atom. The van der Waals surface area contributed by atoms with Gasteiger partial charge in [-0.15, -0.1) is 0 Å². The molecular formula is C14H29N3O5. The first kappa shape index (κ1) is 20.6. The molecule has 0 aliphatic carbocycles. The van der Waals surface area contributed by atoms with Gasteiger partial charge in [0.05, 0.1) is 19.3 Å². The zero-order valence-electron chi connectivity index (χ0n) is 14.1. The largest absolute Gasteiger partial charge is 0.444 e. The maximum Gasteiger partial charge on any atom is 0.407 e. The lowest BCUT2D eigenvalue weighted by atomic mass is 10.2. The summed E-state index contributed by atoms with van der Waals surface area (Å²) in [7, 11) is 3.28. The SMILES string of the molecule is CN(C)C(=O)CN(CCNC(=O)OC(C)(C)C)C[C@@H](O)CO. The highest BCUT2D eigenvalue weighted by Crippen LogP contribution is 2.06. The van der Waals surface area contributed by atoms with Crippen LogP contribution in [-0.4, -0.2) is 90.6 Å². The van der Waals surface area contributed by atoms with E-state index in [-0.39, 0.29) is 32.1 Å². The number of hydrogen-bond acceptors (Lipinski definition) is 6. The van der Waals surface area contributed by atoms with Gasteiger partial charge in [0.2, 0.25) is 5.91 Å². The Morgan fingerprint density at radius 3 is 2.32 bits per heavy atom. The van der Waals surface area contributed by atoms with Gasteiger partial charge >= 0.3 is 6.09 Å². The zero-order valence-corrected chi connectivity index (χ0v) is 14.1. The summed E-state index contributed by atoms with van der Waals surface area (Å²) in [5.74, 6) is -0.123. The average Bonchev–Trinajstić information content (AvgIpc) is 2.35. The number of nitrogens with one attached hydrogen (secondary N) is 1. The van der Waals surface area contributed by atoms with Gasteiger partial charge in [0.15, 0.2) is 0 Å². The lowest BCUT2D eigenvalue weighted by Crippen LogP contribution is -2.45. The first-order chi connectivity index (χ1) is 10.0. The molecule has 0 saturated heterocycles. The van der Waals surface area contributed by atoms with E-state index in [1.54, 1.807) is 39.8 Å². The van der Waals surface area contributed by atoms with Gasteiger partial charge in [0.1, 0.15) is 5.60 Å². The second-order valence-electron chi connectivity index (χ2n) is 6.29. The first-order valence-electron chi connectivity index (χ1n) is 7.23. The number of aliphatic hydroxyl groups is 2. The van der Waals surface area contributed by atoms with Gasteiger partial charge in [0.25, 0.3) is 0 Å². The van der Waals surface area contributed by atoms with Gasteiger partial charge in [-0.25, -0.2) is 4.79 Å². The van der Waals surface area contributed by atoms with Gasteiger partial charge in [0, 0.05) is 33.7 Å². The highest BCUT2D eigenvalue weighted by molar-refractivity contribution is 5.77. The number of hydrogen-bond donors (Lipinski definition) is 3. The molecule has 0 rings (SSSR count). The molecule has 0 aliphatic rings. The molecule has 22 heavy (non-hydrogen) atoms. The van der Waals surface area contributed by atoms with Crippen LogP contribution in [0.5, 0.6) is 0 Å². The summed E-state index contributed by atoms with van der Waals surface area (Å²) in [5, 5.41) is 21.0. The number of alkyl carbamates (subject to hydrolysis) is 1. The summed E-state index contributed by atoms with van der Waals surface area (Å²) in [6.07, 6.45) is -1.47. The van der Waals surface area contributed by atoms with Crippen molar-refractivity contribution < 1.29 is 24.5 Å². The van der Waals surface area contributed by atoms with Gasteiger partial charge in [-0.2, -0.15) is 0 Å². The number of rotatable bonds is 8. The number of carbonyl (C=O) groups excluding carboxylic acids is 2. The Bertz CT molecular complexity index is 355. The first-order valence-corrected chi connectivity index (χ1v) is 7.23. The van der Waals surface area contributed by atoms with Gasteiger partial charge < -0.3 is 25.2 Å². The topological polar surface area (TPSA) is 102 Å². The fourth-order valence-corrected chi connectivity index (χ4v) is 1.55. The number of likely N-dealkylation sites (N-methyl/N-ethyl adjacent to an activating group) is 1. The second-order valence-corrected chi connectivity index (χ2v) is 6.29. The Kier molecular flexibility index (Phi) is 9.00. The highest BCUT2D eigenvalue weighted by atomic mass is 16.6. The van der Waals surface area contributed by atoms with Crippen LogP contribution in [0.25, 0.3) is 0 Å². The maximum atomic E-state index is 11.7. The van der Waals surface area contributed by atoms with E-state index in [2.05, 4.69) is 5.32 Å². The quantitative estimate of drug-likeness (QED) is 0.544. The summed E-state index contributed by atoms with van der Waals surface area (Å²) >= 11 is 0. The summed E-state index contributed by atoms with van der Waals surface area (Å²) in [5.41, 5.74) is -0.572. The van der Waals surface area contributed by atoms with Crippen LogP contribution >= 0.6 is 0 Å². The summed E-state index contributed by atoms with van der Waals surface area (Å²) < 4.78 is 5.11. The molecule has 8 nitrogen and oxygen atoms in total. The van der Waals surface area contributed by atoms with Crippen LogP contribution in [0, 0.1) is 0 Å². The van der Waals surface area contributed by atoms with Crippen LogP contribution in [-0.2, 0) is 9.53 Å². The molecule has 0 saturated carbocycles. The van der Waals surface area contributed by atoms with Crippen LogP contribution in [0.1, 0.15) is 20.8 Å².